The van der Waals surface area contributed by atoms with Crippen molar-refractivity contribution in [3.05, 3.63) is 66.0 Å². The van der Waals surface area contributed by atoms with Crippen LogP contribution in [0.4, 0.5) is 0 Å². The minimum Gasteiger partial charge on any atom is -0.267 e. The first-order chi connectivity index (χ1) is 8.70. The maximum absolute atomic E-state index is 11.9. The summed E-state index contributed by atoms with van der Waals surface area (Å²) in [6.07, 6.45) is 2.93. The molecule has 18 heavy (non-hydrogen) atoms. The number of aromatic nitrogens is 1. The molecule has 1 heterocycles. The van der Waals surface area contributed by atoms with Gasteiger partial charge in [-0.15, -0.1) is 0 Å². The van der Waals surface area contributed by atoms with Gasteiger partial charge >= 0.3 is 0 Å². The zero-order chi connectivity index (χ0) is 13.0. The van der Waals surface area contributed by atoms with Gasteiger partial charge in [-0.1, -0.05) is 18.2 Å². The van der Waals surface area contributed by atoms with Gasteiger partial charge in [0.1, 0.15) is 0 Å². The molecular weight excluding hydrogens is 230 g/mol. The molecule has 2 rings (SSSR count). The van der Waals surface area contributed by atoms with Gasteiger partial charge in [0.15, 0.2) is 0 Å². The van der Waals surface area contributed by atoms with Gasteiger partial charge < -0.3 is 0 Å². The molecule has 5 nitrogen and oxygen atoms in total. The number of amides is 2. The van der Waals surface area contributed by atoms with Crippen molar-refractivity contribution in [3.63, 3.8) is 0 Å². The highest BCUT2D eigenvalue weighted by atomic mass is 16.2. The number of carbonyl (C=O) groups is 2. The van der Waals surface area contributed by atoms with Gasteiger partial charge in [0.25, 0.3) is 11.8 Å². The second-order valence-corrected chi connectivity index (χ2v) is 3.58. The van der Waals surface area contributed by atoms with Crippen molar-refractivity contribution in [3.8, 4) is 0 Å². The van der Waals surface area contributed by atoms with Gasteiger partial charge in [-0.05, 0) is 24.3 Å². The molecule has 2 amide bonds. The Balaban J connectivity index is 2.20. The van der Waals surface area contributed by atoms with Crippen LogP contribution < -0.4 is 5.84 Å². The Labute approximate surface area is 104 Å². The lowest BCUT2D eigenvalue weighted by molar-refractivity contribution is 0.0615. The monoisotopic (exact) mass is 241 g/mol. The number of nitrogens with zero attached hydrogens (tertiary/aromatic N) is 2. The highest BCUT2D eigenvalue weighted by Crippen LogP contribution is 2.06. The Bertz CT molecular complexity index is 503. The Morgan fingerprint density at radius 2 is 1.39 bits per heavy atom. The number of hydrazine groups is 1. The minimum atomic E-state index is -0.564. The van der Waals surface area contributed by atoms with Crippen LogP contribution in [0.3, 0.4) is 0 Å². The average Bonchev–Trinajstić information content (AvgIpc) is 2.47. The topological polar surface area (TPSA) is 76.3 Å². The van der Waals surface area contributed by atoms with E-state index in [1.807, 2.05) is 0 Å². The first kappa shape index (κ1) is 11.9. The molecule has 0 spiro atoms. The second-order valence-electron chi connectivity index (χ2n) is 3.58. The number of hydrogen-bond acceptors (Lipinski definition) is 4. The molecule has 0 fully saturated rings. The van der Waals surface area contributed by atoms with E-state index in [1.165, 1.54) is 24.5 Å². The fraction of sp³-hybridized carbons (Fsp3) is 0. The molecular formula is C13H11N3O2. The van der Waals surface area contributed by atoms with Crippen LogP contribution in [0.25, 0.3) is 0 Å². The van der Waals surface area contributed by atoms with Gasteiger partial charge in [-0.25, -0.2) is 10.9 Å². The fourth-order valence-electron chi connectivity index (χ4n) is 1.45. The van der Waals surface area contributed by atoms with E-state index in [0.29, 0.717) is 16.1 Å². The third-order valence-corrected chi connectivity index (χ3v) is 2.39. The van der Waals surface area contributed by atoms with E-state index in [1.54, 1.807) is 30.3 Å². The number of hydrogen-bond donors (Lipinski definition) is 1. The van der Waals surface area contributed by atoms with Crippen LogP contribution in [0.1, 0.15) is 20.7 Å². The van der Waals surface area contributed by atoms with E-state index in [4.69, 9.17) is 5.84 Å². The Kier molecular flexibility index (Phi) is 3.45. The number of rotatable bonds is 2. The smallest absolute Gasteiger partial charge is 0.267 e. The summed E-state index contributed by atoms with van der Waals surface area (Å²) >= 11 is 0. The third kappa shape index (κ3) is 2.41. The molecule has 0 atom stereocenters. The summed E-state index contributed by atoms with van der Waals surface area (Å²) in [6.45, 7) is 0. The summed E-state index contributed by atoms with van der Waals surface area (Å²) in [5.74, 6) is 4.43. The van der Waals surface area contributed by atoms with Gasteiger partial charge in [-0.3, -0.25) is 14.6 Å². The van der Waals surface area contributed by atoms with Gasteiger partial charge in [0, 0.05) is 23.5 Å². The molecule has 0 saturated heterocycles. The van der Waals surface area contributed by atoms with Crippen molar-refractivity contribution < 1.29 is 9.59 Å². The summed E-state index contributed by atoms with van der Waals surface area (Å²) in [5.41, 5.74) is 0.680. The van der Waals surface area contributed by atoms with Crippen LogP contribution in [0.15, 0.2) is 54.9 Å². The minimum absolute atomic E-state index is 0.316. The van der Waals surface area contributed by atoms with E-state index in [2.05, 4.69) is 4.98 Å². The molecule has 0 aliphatic carbocycles. The van der Waals surface area contributed by atoms with Crippen molar-refractivity contribution in [2.75, 3.05) is 0 Å². The van der Waals surface area contributed by atoms with E-state index >= 15 is 0 Å². The first-order valence-corrected chi connectivity index (χ1v) is 5.28. The van der Waals surface area contributed by atoms with Crippen LogP contribution in [-0.2, 0) is 0 Å². The van der Waals surface area contributed by atoms with Crippen molar-refractivity contribution >= 4 is 11.8 Å². The number of pyridine rings is 1. The summed E-state index contributed by atoms with van der Waals surface area (Å²) in [7, 11) is 0. The molecule has 90 valence electrons. The summed E-state index contributed by atoms with van der Waals surface area (Å²) < 4.78 is 0. The normalized spacial score (nSPS) is 9.83. The van der Waals surface area contributed by atoms with E-state index in [-0.39, 0.29) is 0 Å². The van der Waals surface area contributed by atoms with Crippen LogP contribution in [0.2, 0.25) is 0 Å². The molecule has 1 aromatic heterocycles. The molecule has 5 heteroatoms. The standard InChI is InChI=1S/C13H11N3O2/c14-16(12(17)10-4-2-1-3-5-10)13(18)11-6-8-15-9-7-11/h1-9H,14H2. The Morgan fingerprint density at radius 1 is 0.889 bits per heavy atom. The van der Waals surface area contributed by atoms with Crippen molar-refractivity contribution in [1.82, 2.24) is 9.99 Å². The average molecular weight is 241 g/mol. The molecule has 0 unspecified atom stereocenters. The fourth-order valence-corrected chi connectivity index (χ4v) is 1.45. The maximum Gasteiger partial charge on any atom is 0.275 e. The summed E-state index contributed by atoms with van der Waals surface area (Å²) in [6, 6.07) is 11.4. The van der Waals surface area contributed by atoms with Crippen LogP contribution in [0.5, 0.6) is 0 Å². The van der Waals surface area contributed by atoms with E-state index in [9.17, 15) is 9.59 Å². The lowest BCUT2D eigenvalue weighted by Gasteiger charge is -2.14. The molecule has 2 N–H and O–H groups in total. The highest BCUT2D eigenvalue weighted by Gasteiger charge is 2.20. The number of imide groups is 1. The molecule has 0 saturated carbocycles. The molecule has 0 aliphatic heterocycles. The summed E-state index contributed by atoms with van der Waals surface area (Å²) in [4.78, 5) is 27.6. The molecule has 0 radical (unpaired) electrons. The zero-order valence-electron chi connectivity index (χ0n) is 9.48. The molecule has 0 bridgehead atoms. The Morgan fingerprint density at radius 3 is 1.94 bits per heavy atom. The Hall–Kier alpha value is -2.53. The first-order valence-electron chi connectivity index (χ1n) is 5.28. The lowest BCUT2D eigenvalue weighted by Crippen LogP contribution is -2.42. The summed E-state index contributed by atoms with van der Waals surface area (Å²) in [5, 5.41) is 0.602. The van der Waals surface area contributed by atoms with Gasteiger partial charge in [0.05, 0.1) is 0 Å². The third-order valence-electron chi connectivity index (χ3n) is 2.39. The largest absolute Gasteiger partial charge is 0.275 e. The van der Waals surface area contributed by atoms with E-state index < -0.39 is 11.8 Å². The molecule has 0 aliphatic rings. The van der Waals surface area contributed by atoms with Crippen molar-refractivity contribution in [1.29, 1.82) is 0 Å². The number of nitrogens with two attached hydrogens (primary N) is 1. The quantitative estimate of drug-likeness (QED) is 0.371. The highest BCUT2D eigenvalue weighted by molar-refractivity contribution is 6.09. The predicted octanol–water partition coefficient (Wildman–Crippen LogP) is 1.24. The van der Waals surface area contributed by atoms with Gasteiger partial charge in [0.2, 0.25) is 0 Å². The second kappa shape index (κ2) is 5.20. The maximum atomic E-state index is 11.9. The van der Waals surface area contributed by atoms with E-state index in [0.717, 1.165) is 0 Å². The molecule has 1 aromatic carbocycles. The van der Waals surface area contributed by atoms with Crippen molar-refractivity contribution in [2.45, 2.75) is 0 Å². The van der Waals surface area contributed by atoms with Crippen LogP contribution >= 0.6 is 0 Å². The predicted molar refractivity (Wildman–Crippen MR) is 65.4 cm³/mol. The molecule has 2 aromatic rings. The van der Waals surface area contributed by atoms with Crippen molar-refractivity contribution in [2.24, 2.45) is 5.84 Å². The zero-order valence-corrected chi connectivity index (χ0v) is 9.48. The van der Waals surface area contributed by atoms with Crippen LogP contribution in [0, 0.1) is 0 Å². The van der Waals surface area contributed by atoms with Crippen LogP contribution in [-0.4, -0.2) is 21.8 Å². The lowest BCUT2D eigenvalue weighted by atomic mass is 10.2. The number of carbonyl (C=O) groups excluding carboxylic acids is 2. The number of benzene rings is 1. The SMILES string of the molecule is NN(C(=O)c1ccccc1)C(=O)c1ccncc1. The van der Waals surface area contributed by atoms with Gasteiger partial charge in [-0.2, -0.15) is 0 Å².